The van der Waals surface area contributed by atoms with E-state index in [4.69, 9.17) is 0 Å². The number of aromatic nitrogens is 2. The summed E-state index contributed by atoms with van der Waals surface area (Å²) in [4.78, 5) is 23.7. The van der Waals surface area contributed by atoms with Crippen molar-refractivity contribution in [2.24, 2.45) is 12.5 Å². The van der Waals surface area contributed by atoms with E-state index in [2.05, 4.69) is 18.9 Å². The summed E-state index contributed by atoms with van der Waals surface area (Å²) in [6.07, 6.45) is 8.39. The second-order valence-electron chi connectivity index (χ2n) is 4.66. The van der Waals surface area contributed by atoms with Crippen molar-refractivity contribution in [1.82, 2.24) is 9.78 Å². The smallest absolute Gasteiger partial charge is 0.267 e. The first-order chi connectivity index (χ1) is 7.97. The Hall–Kier alpha value is -1.84. The summed E-state index contributed by atoms with van der Waals surface area (Å²) in [5.74, 6) is 0. The topological polar surface area (TPSA) is 54.9 Å². The second kappa shape index (κ2) is 3.87. The van der Waals surface area contributed by atoms with E-state index in [1.807, 2.05) is 12.2 Å². The van der Waals surface area contributed by atoms with Gasteiger partial charge in [0.1, 0.15) is 0 Å². The highest BCUT2D eigenvalue weighted by Gasteiger charge is 2.19. The fourth-order valence-corrected chi connectivity index (χ4v) is 1.85. The summed E-state index contributed by atoms with van der Waals surface area (Å²) >= 11 is 0. The van der Waals surface area contributed by atoms with E-state index < -0.39 is 0 Å². The Morgan fingerprint density at radius 2 is 1.82 bits per heavy atom. The maximum Gasteiger partial charge on any atom is 0.272 e. The molecule has 1 atom stereocenters. The van der Waals surface area contributed by atoms with Crippen molar-refractivity contribution >= 4 is 12.2 Å². The summed E-state index contributed by atoms with van der Waals surface area (Å²) in [6.45, 7) is 4.15. The van der Waals surface area contributed by atoms with Gasteiger partial charge in [0.2, 0.25) is 0 Å². The molecule has 1 N–H and O–H groups in total. The lowest BCUT2D eigenvalue weighted by Crippen LogP contribution is -2.31. The predicted octanol–water partition coefficient (Wildman–Crippen LogP) is 1.53. The van der Waals surface area contributed by atoms with Crippen LogP contribution in [-0.2, 0) is 7.05 Å². The molecule has 1 heterocycles. The molecule has 1 aromatic heterocycles. The molecule has 0 saturated carbocycles. The van der Waals surface area contributed by atoms with Gasteiger partial charge >= 0.3 is 0 Å². The summed E-state index contributed by atoms with van der Waals surface area (Å²) < 4.78 is 1.22. The second-order valence-corrected chi connectivity index (χ2v) is 4.66. The molecule has 0 saturated heterocycles. The third-order valence-electron chi connectivity index (χ3n) is 3.36. The number of hydrogen-bond donors (Lipinski definition) is 1. The van der Waals surface area contributed by atoms with Crippen molar-refractivity contribution in [3.63, 3.8) is 0 Å². The van der Waals surface area contributed by atoms with Crippen LogP contribution in [0.2, 0.25) is 0 Å². The lowest BCUT2D eigenvalue weighted by molar-refractivity contribution is 0.536. The maximum atomic E-state index is 11.9. The molecule has 1 unspecified atom stereocenters. The zero-order valence-corrected chi connectivity index (χ0v) is 10.3. The number of allylic oxidation sites excluding steroid dienone is 2. The molecule has 0 radical (unpaired) electrons. The van der Waals surface area contributed by atoms with Gasteiger partial charge in [0.25, 0.3) is 11.1 Å². The third kappa shape index (κ3) is 1.90. The minimum atomic E-state index is -0.233. The molecule has 17 heavy (non-hydrogen) atoms. The largest absolute Gasteiger partial charge is 0.272 e. The van der Waals surface area contributed by atoms with Crippen LogP contribution in [0.5, 0.6) is 0 Å². The van der Waals surface area contributed by atoms with Gasteiger partial charge in [-0.2, -0.15) is 0 Å². The predicted molar refractivity (Wildman–Crippen MR) is 68.8 cm³/mol. The molecule has 0 fully saturated rings. The molecule has 4 heteroatoms. The van der Waals surface area contributed by atoms with E-state index in [-0.39, 0.29) is 16.5 Å². The van der Waals surface area contributed by atoms with Gasteiger partial charge in [-0.3, -0.25) is 19.4 Å². The van der Waals surface area contributed by atoms with Crippen LogP contribution in [0, 0.1) is 5.41 Å². The van der Waals surface area contributed by atoms with E-state index in [1.165, 1.54) is 4.68 Å². The van der Waals surface area contributed by atoms with Crippen molar-refractivity contribution in [3.05, 3.63) is 44.0 Å². The molecule has 0 spiro atoms. The van der Waals surface area contributed by atoms with Gasteiger partial charge in [0, 0.05) is 12.5 Å². The van der Waals surface area contributed by atoms with Crippen molar-refractivity contribution in [3.8, 4) is 0 Å². The first-order valence-corrected chi connectivity index (χ1v) is 5.68. The highest BCUT2D eigenvalue weighted by atomic mass is 16.2. The van der Waals surface area contributed by atoms with Crippen LogP contribution in [0.3, 0.4) is 0 Å². The first-order valence-electron chi connectivity index (χ1n) is 5.68. The summed E-state index contributed by atoms with van der Waals surface area (Å²) in [5, 5.41) is 2.50. The van der Waals surface area contributed by atoms with E-state index in [1.54, 1.807) is 19.2 Å². The van der Waals surface area contributed by atoms with Crippen molar-refractivity contribution in [1.29, 1.82) is 0 Å². The number of nitrogens with one attached hydrogen (secondary N) is 1. The fourth-order valence-electron chi connectivity index (χ4n) is 1.85. The first kappa shape index (κ1) is 11.6. The molecule has 0 amide bonds. The maximum absolute atomic E-state index is 11.9. The number of hydrogen-bond acceptors (Lipinski definition) is 2. The lowest BCUT2D eigenvalue weighted by Gasteiger charge is -2.17. The van der Waals surface area contributed by atoms with Gasteiger partial charge in [0.05, 0.1) is 11.1 Å². The van der Waals surface area contributed by atoms with Crippen LogP contribution >= 0.6 is 0 Å². The molecule has 0 aromatic carbocycles. The Kier molecular flexibility index (Phi) is 2.65. The van der Waals surface area contributed by atoms with Crippen LogP contribution in [-0.4, -0.2) is 9.78 Å². The van der Waals surface area contributed by atoms with E-state index in [0.29, 0.717) is 11.1 Å². The van der Waals surface area contributed by atoms with Crippen LogP contribution < -0.4 is 11.1 Å². The van der Waals surface area contributed by atoms with Gasteiger partial charge in [-0.25, -0.2) is 0 Å². The number of nitrogens with zero attached hydrogens (tertiary/aromatic N) is 1. The monoisotopic (exact) mass is 232 g/mol. The molecule has 1 aliphatic carbocycles. The van der Waals surface area contributed by atoms with Crippen LogP contribution in [0.4, 0.5) is 0 Å². The van der Waals surface area contributed by atoms with Crippen LogP contribution in [0.1, 0.15) is 31.4 Å². The zero-order valence-electron chi connectivity index (χ0n) is 10.3. The Labute approximate surface area is 99.3 Å². The zero-order chi connectivity index (χ0) is 12.6. The van der Waals surface area contributed by atoms with Crippen molar-refractivity contribution in [2.75, 3.05) is 0 Å². The van der Waals surface area contributed by atoms with Gasteiger partial charge in [-0.1, -0.05) is 38.2 Å². The Bertz CT molecular complexity index is 619. The minimum absolute atomic E-state index is 0.101. The Morgan fingerprint density at radius 1 is 1.24 bits per heavy atom. The van der Waals surface area contributed by atoms with Crippen LogP contribution in [0.15, 0.2) is 21.7 Å². The number of aromatic amines is 1. The van der Waals surface area contributed by atoms with Gasteiger partial charge in [-0.05, 0) is 6.42 Å². The SMILES string of the molecule is CCC1(C)C=Cc2c(c(=O)n(C)[nH]c2=O)C=C1. The molecule has 1 aromatic rings. The van der Waals surface area contributed by atoms with E-state index in [0.717, 1.165) is 6.42 Å². The minimum Gasteiger partial charge on any atom is -0.267 e. The number of fused-ring (bicyclic) bond motifs is 1. The number of H-pyrrole nitrogens is 1. The Morgan fingerprint density at radius 3 is 2.41 bits per heavy atom. The standard InChI is InChI=1S/C13H16N2O2/c1-4-13(2)7-5-9-10(6-8-13)12(17)15(3)14-11(9)16/h5-8H,4H2,1-3H3,(H,14,16). The molecule has 1 aliphatic rings. The quantitative estimate of drug-likeness (QED) is 0.798. The summed E-state index contributed by atoms with van der Waals surface area (Å²) in [7, 11) is 1.55. The van der Waals surface area contributed by atoms with E-state index in [9.17, 15) is 9.59 Å². The molecule has 90 valence electrons. The average Bonchev–Trinajstić information content (AvgIpc) is 2.47. The van der Waals surface area contributed by atoms with Gasteiger partial charge in [0.15, 0.2) is 0 Å². The molecular formula is C13H16N2O2. The molecular weight excluding hydrogens is 216 g/mol. The Balaban J connectivity index is 2.75. The normalized spacial score (nSPS) is 22.3. The highest BCUT2D eigenvalue weighted by molar-refractivity contribution is 5.67. The fraction of sp³-hybridized carbons (Fsp3) is 0.385. The number of rotatable bonds is 1. The molecule has 0 bridgehead atoms. The molecule has 4 nitrogen and oxygen atoms in total. The van der Waals surface area contributed by atoms with Gasteiger partial charge in [-0.15, -0.1) is 0 Å². The molecule has 0 aliphatic heterocycles. The third-order valence-corrected chi connectivity index (χ3v) is 3.36. The van der Waals surface area contributed by atoms with Gasteiger partial charge < -0.3 is 0 Å². The highest BCUT2D eigenvalue weighted by Crippen LogP contribution is 2.29. The molecule has 2 rings (SSSR count). The average molecular weight is 232 g/mol. The van der Waals surface area contributed by atoms with E-state index >= 15 is 0 Å². The summed E-state index contributed by atoms with van der Waals surface area (Å²) in [6, 6.07) is 0. The number of aryl methyl sites for hydroxylation is 1. The lowest BCUT2D eigenvalue weighted by atomic mass is 9.87. The van der Waals surface area contributed by atoms with Crippen molar-refractivity contribution in [2.45, 2.75) is 20.3 Å². The summed E-state index contributed by atoms with van der Waals surface area (Å²) in [5.41, 5.74) is 0.395. The van der Waals surface area contributed by atoms with Crippen LogP contribution in [0.25, 0.3) is 12.2 Å². The van der Waals surface area contributed by atoms with Crippen molar-refractivity contribution < 1.29 is 0 Å².